The van der Waals surface area contributed by atoms with Crippen LogP contribution in [-0.4, -0.2) is 26.4 Å². The summed E-state index contributed by atoms with van der Waals surface area (Å²) in [6, 6.07) is 10.5. The van der Waals surface area contributed by atoms with Gasteiger partial charge in [0.25, 0.3) is 17.0 Å². The standard InChI is InChI=1S/C6H3NO3S.C5H3ClOS.C5H5NO2S.CH3I/c8-6-9-5(7-10-6)4-2-1-3-11-4;6-5(7)4-2-1-3-8-4;7-5(6-8)4-2-1-3-9-4;1-2/h1-3H;1-3H;1-3,8H,(H,6,7);1H3/i;;;1D. The third kappa shape index (κ3) is 9.32. The van der Waals surface area contributed by atoms with Crippen LogP contribution in [0.15, 0.2) is 66.3 Å². The second kappa shape index (κ2) is 15.0. The van der Waals surface area contributed by atoms with E-state index in [0.717, 1.165) is 4.88 Å². The fourth-order valence-corrected chi connectivity index (χ4v) is 3.55. The smallest absolute Gasteiger partial charge is 0.369 e. The van der Waals surface area contributed by atoms with Gasteiger partial charge in [0.1, 0.15) is 0 Å². The molecule has 0 bridgehead atoms. The van der Waals surface area contributed by atoms with E-state index in [1.807, 2.05) is 39.4 Å². The SMILES string of the molecule is O=C(Cl)c1cccs1.O=C(NO)c1cccs1.O=c1onc(-c2cccs2)o1.[2H]CI. The molecule has 0 saturated heterocycles. The molecule has 0 spiro atoms. The topological polar surface area (TPSA) is 123 Å². The van der Waals surface area contributed by atoms with E-state index in [-0.39, 0.29) is 11.1 Å². The minimum Gasteiger partial charge on any atom is -0.369 e. The van der Waals surface area contributed by atoms with E-state index < -0.39 is 11.7 Å². The number of rotatable bonds is 3. The van der Waals surface area contributed by atoms with E-state index in [2.05, 4.69) is 14.1 Å². The van der Waals surface area contributed by atoms with Gasteiger partial charge in [0.2, 0.25) is 0 Å². The fourth-order valence-electron chi connectivity index (χ4n) is 1.54. The van der Waals surface area contributed by atoms with Crippen molar-refractivity contribution in [2.45, 2.75) is 0 Å². The third-order valence-electron chi connectivity index (χ3n) is 2.68. The molecule has 0 aliphatic heterocycles. The maximum absolute atomic E-state index is 10.5. The number of hydrogen-bond donors (Lipinski definition) is 2. The van der Waals surface area contributed by atoms with Gasteiger partial charge in [-0.1, -0.05) is 40.8 Å². The van der Waals surface area contributed by atoms with Gasteiger partial charge >= 0.3 is 5.82 Å². The highest BCUT2D eigenvalue weighted by Gasteiger charge is 2.06. The maximum atomic E-state index is 10.5. The van der Waals surface area contributed by atoms with E-state index in [1.165, 1.54) is 39.5 Å². The van der Waals surface area contributed by atoms with Crippen LogP contribution in [0.5, 0.6) is 0 Å². The highest BCUT2D eigenvalue weighted by molar-refractivity contribution is 14.1. The highest BCUT2D eigenvalue weighted by Crippen LogP contribution is 2.20. The Morgan fingerprint density at radius 1 is 1.13 bits per heavy atom. The molecule has 0 aliphatic rings. The number of thiophene rings is 3. The Morgan fingerprint density at radius 3 is 2.07 bits per heavy atom. The van der Waals surface area contributed by atoms with Gasteiger partial charge < -0.3 is 4.42 Å². The number of halogens is 2. The second-order valence-corrected chi connectivity index (χ2v) is 7.67. The van der Waals surface area contributed by atoms with Crippen LogP contribution < -0.4 is 11.3 Å². The number of carbonyl (C=O) groups is 2. The van der Waals surface area contributed by atoms with Gasteiger partial charge in [-0.3, -0.25) is 19.3 Å². The lowest BCUT2D eigenvalue weighted by molar-refractivity contribution is 0.0711. The molecule has 13 heteroatoms. The quantitative estimate of drug-likeness (QED) is 0.106. The van der Waals surface area contributed by atoms with Crippen molar-refractivity contribution >= 4 is 79.4 Å². The summed E-state index contributed by atoms with van der Waals surface area (Å²) in [6.07, 6.45) is 0. The summed E-state index contributed by atoms with van der Waals surface area (Å²) in [7, 11) is 0. The average Bonchev–Trinajstić information content (AvgIpc) is 3.56. The Bertz CT molecular complexity index is 1050. The van der Waals surface area contributed by atoms with Gasteiger partial charge in [0, 0.05) is 1.37 Å². The third-order valence-corrected chi connectivity index (χ3v) is 5.59. The Morgan fingerprint density at radius 2 is 1.70 bits per heavy atom. The number of carbonyl (C=O) groups excluding carboxylic acids is 2. The Balaban J connectivity index is 0.000000221. The predicted octanol–water partition coefficient (Wildman–Crippen LogP) is 5.40. The van der Waals surface area contributed by atoms with Crippen LogP contribution in [0.4, 0.5) is 0 Å². The van der Waals surface area contributed by atoms with Gasteiger partial charge in [-0.15, -0.1) is 34.0 Å². The first-order valence-electron chi connectivity index (χ1n) is 8.20. The zero-order chi connectivity index (χ0) is 23.1. The molecule has 4 aromatic heterocycles. The van der Waals surface area contributed by atoms with Gasteiger partial charge in [-0.05, 0) is 56.0 Å². The first-order valence-corrected chi connectivity index (χ1v) is 12.0. The summed E-state index contributed by atoms with van der Waals surface area (Å²) in [5, 5.41) is 16.6. The number of amides is 1. The molecule has 4 rings (SSSR count). The maximum Gasteiger partial charge on any atom is 0.542 e. The lowest BCUT2D eigenvalue weighted by atomic mass is 10.5. The van der Waals surface area contributed by atoms with Crippen molar-refractivity contribution in [3.8, 4) is 10.8 Å². The molecule has 0 aliphatic carbocycles. The van der Waals surface area contributed by atoms with Crippen LogP contribution in [0.1, 0.15) is 20.7 Å². The number of aromatic nitrogens is 1. The normalized spacial score (nSPS) is 9.50. The summed E-state index contributed by atoms with van der Waals surface area (Å²) >= 11 is 11.1. The van der Waals surface area contributed by atoms with E-state index >= 15 is 0 Å². The summed E-state index contributed by atoms with van der Waals surface area (Å²) in [6.45, 7) is 0. The van der Waals surface area contributed by atoms with Crippen molar-refractivity contribution < 1.29 is 25.1 Å². The molecule has 0 atom stereocenters. The number of nitrogens with zero attached hydrogens (tertiary/aromatic N) is 1. The lowest BCUT2D eigenvalue weighted by Gasteiger charge is -1.89. The number of hydroxylamine groups is 1. The fraction of sp³-hybridized carbons (Fsp3) is 0.0588. The summed E-state index contributed by atoms with van der Waals surface area (Å²) < 4.78 is 15.0. The van der Waals surface area contributed by atoms with Gasteiger partial charge in [-0.25, -0.2) is 10.3 Å². The zero-order valence-electron chi connectivity index (χ0n) is 15.8. The van der Waals surface area contributed by atoms with E-state index in [1.54, 1.807) is 35.7 Å². The minimum atomic E-state index is -0.770. The van der Waals surface area contributed by atoms with Crippen molar-refractivity contribution in [3.05, 3.63) is 72.9 Å². The average molecular weight is 602 g/mol. The molecule has 0 saturated carbocycles. The van der Waals surface area contributed by atoms with Crippen LogP contribution in [0.2, 0.25) is 0 Å². The summed E-state index contributed by atoms with van der Waals surface area (Å²) in [5.74, 6) is -0.983. The van der Waals surface area contributed by atoms with Gasteiger partial charge in [-0.2, -0.15) is 0 Å². The molecule has 0 radical (unpaired) electrons. The van der Waals surface area contributed by atoms with Crippen molar-refractivity contribution in [1.29, 1.82) is 0 Å². The van der Waals surface area contributed by atoms with Crippen molar-refractivity contribution in [2.24, 2.45) is 0 Å². The number of nitrogens with one attached hydrogen (secondary N) is 1. The van der Waals surface area contributed by atoms with Crippen molar-refractivity contribution in [2.75, 3.05) is 4.91 Å². The second-order valence-electron chi connectivity index (χ2n) is 4.49. The Kier molecular flexibility index (Phi) is 12.2. The number of alkyl halides is 1. The Labute approximate surface area is 202 Å². The largest absolute Gasteiger partial charge is 0.542 e. The van der Waals surface area contributed by atoms with Gasteiger partial charge in [0.05, 0.1) is 14.6 Å². The van der Waals surface area contributed by atoms with Crippen molar-refractivity contribution in [3.63, 3.8) is 0 Å². The molecule has 0 fully saturated rings. The van der Waals surface area contributed by atoms with Crippen molar-refractivity contribution in [1.82, 2.24) is 10.6 Å². The molecule has 30 heavy (non-hydrogen) atoms. The van der Waals surface area contributed by atoms with Crippen LogP contribution in [0.3, 0.4) is 0 Å². The van der Waals surface area contributed by atoms with Crippen LogP contribution in [0.25, 0.3) is 10.8 Å². The molecule has 0 unspecified atom stereocenters. The molecule has 0 aromatic carbocycles. The van der Waals surface area contributed by atoms with E-state index in [9.17, 15) is 14.4 Å². The molecule has 2 N–H and O–H groups in total. The monoisotopic (exact) mass is 601 g/mol. The molecule has 160 valence electrons. The van der Waals surface area contributed by atoms with Crippen LogP contribution in [-0.2, 0) is 0 Å². The molecular formula is C17H14ClIN2O6S3. The zero-order valence-corrected chi connectivity index (χ0v) is 20.2. The summed E-state index contributed by atoms with van der Waals surface area (Å²) in [5.41, 5.74) is 1.54. The van der Waals surface area contributed by atoms with E-state index in [0.29, 0.717) is 14.7 Å². The van der Waals surface area contributed by atoms with Gasteiger partial charge in [0.15, 0.2) is 0 Å². The first-order chi connectivity index (χ1) is 14.9. The van der Waals surface area contributed by atoms with E-state index in [4.69, 9.17) is 18.2 Å². The lowest BCUT2D eigenvalue weighted by Crippen LogP contribution is -2.16. The molecule has 4 aromatic rings. The first kappa shape index (κ1) is 24.4. The minimum absolute atomic E-state index is 0.241. The molecule has 4 heterocycles. The number of hydrogen-bond acceptors (Lipinski definition) is 10. The van der Waals surface area contributed by atoms with Crippen LogP contribution in [0, 0.1) is 0 Å². The molecular weight excluding hydrogens is 587 g/mol. The van der Waals surface area contributed by atoms with Crippen LogP contribution >= 0.6 is 68.2 Å². The summed E-state index contributed by atoms with van der Waals surface area (Å²) in [4.78, 5) is 33.6. The highest BCUT2D eigenvalue weighted by atomic mass is 127. The molecule has 8 nitrogen and oxygen atoms in total. The predicted molar refractivity (Wildman–Crippen MR) is 126 cm³/mol. The Hall–Kier alpha value is -1.84. The molecule has 1 amide bonds.